The summed E-state index contributed by atoms with van der Waals surface area (Å²) in [6.45, 7) is 3.04. The minimum atomic E-state index is 0.270. The van der Waals surface area contributed by atoms with Gasteiger partial charge in [-0.1, -0.05) is 28.1 Å². The molecule has 110 valence electrons. The van der Waals surface area contributed by atoms with Crippen molar-refractivity contribution in [3.8, 4) is 0 Å². The molecule has 1 unspecified atom stereocenters. The van der Waals surface area contributed by atoms with Crippen molar-refractivity contribution in [3.63, 3.8) is 0 Å². The highest BCUT2D eigenvalue weighted by molar-refractivity contribution is 9.10. The van der Waals surface area contributed by atoms with Crippen LogP contribution in [0.2, 0.25) is 0 Å². The number of halogens is 1. The minimum Gasteiger partial charge on any atom is -0.345 e. The molecule has 0 spiro atoms. The van der Waals surface area contributed by atoms with Crippen LogP contribution >= 0.6 is 15.9 Å². The summed E-state index contributed by atoms with van der Waals surface area (Å²) in [5, 5.41) is 3.34. The van der Waals surface area contributed by atoms with Gasteiger partial charge < -0.3 is 10.2 Å². The van der Waals surface area contributed by atoms with E-state index in [4.69, 9.17) is 0 Å². The fraction of sp³-hybridized carbons (Fsp3) is 0.562. The third-order valence-electron chi connectivity index (χ3n) is 3.87. The summed E-state index contributed by atoms with van der Waals surface area (Å²) in [6.07, 6.45) is 3.71. The monoisotopic (exact) mass is 338 g/mol. The molecule has 20 heavy (non-hydrogen) atoms. The van der Waals surface area contributed by atoms with E-state index < -0.39 is 0 Å². The fourth-order valence-corrected chi connectivity index (χ4v) is 3.13. The molecule has 2 rings (SSSR count). The average Bonchev–Trinajstić information content (AvgIpc) is 2.91. The molecule has 0 saturated carbocycles. The van der Waals surface area contributed by atoms with Crippen molar-refractivity contribution in [2.24, 2.45) is 5.92 Å². The van der Waals surface area contributed by atoms with Gasteiger partial charge in [-0.2, -0.15) is 0 Å². The van der Waals surface area contributed by atoms with Gasteiger partial charge in [0.05, 0.1) is 0 Å². The van der Waals surface area contributed by atoms with Crippen LogP contribution in [0.3, 0.4) is 0 Å². The van der Waals surface area contributed by atoms with Crippen LogP contribution in [-0.4, -0.2) is 37.5 Å². The van der Waals surface area contributed by atoms with E-state index in [0.29, 0.717) is 12.3 Å². The first kappa shape index (κ1) is 15.5. The van der Waals surface area contributed by atoms with Crippen LogP contribution in [-0.2, 0) is 11.2 Å². The predicted molar refractivity (Wildman–Crippen MR) is 85.7 cm³/mol. The van der Waals surface area contributed by atoms with Crippen molar-refractivity contribution in [3.05, 3.63) is 34.3 Å². The molecular weight excluding hydrogens is 316 g/mol. The van der Waals surface area contributed by atoms with E-state index in [1.54, 1.807) is 0 Å². The Balaban J connectivity index is 1.68. The van der Waals surface area contributed by atoms with Crippen molar-refractivity contribution < 1.29 is 4.79 Å². The quantitative estimate of drug-likeness (QED) is 0.864. The number of carbonyl (C=O) groups excluding carboxylic acids is 1. The van der Waals surface area contributed by atoms with Gasteiger partial charge in [-0.05, 0) is 56.0 Å². The van der Waals surface area contributed by atoms with E-state index in [-0.39, 0.29) is 5.91 Å². The Bertz CT molecular complexity index is 444. The number of hydrogen-bond donors (Lipinski definition) is 1. The number of benzene rings is 1. The molecule has 1 aromatic rings. The van der Waals surface area contributed by atoms with Gasteiger partial charge in [0.2, 0.25) is 5.91 Å². The second kappa shape index (κ2) is 7.79. The highest BCUT2D eigenvalue weighted by Gasteiger charge is 2.18. The molecule has 0 aromatic heterocycles. The van der Waals surface area contributed by atoms with Gasteiger partial charge >= 0.3 is 0 Å². The zero-order valence-electron chi connectivity index (χ0n) is 12.1. The first-order valence-electron chi connectivity index (χ1n) is 7.34. The van der Waals surface area contributed by atoms with Crippen LogP contribution in [0, 0.1) is 5.92 Å². The minimum absolute atomic E-state index is 0.270. The number of carbonyl (C=O) groups is 1. The van der Waals surface area contributed by atoms with Crippen LogP contribution in [0.5, 0.6) is 0 Å². The molecule has 1 fully saturated rings. The van der Waals surface area contributed by atoms with Crippen LogP contribution in [0.25, 0.3) is 0 Å². The molecule has 1 N–H and O–H groups in total. The van der Waals surface area contributed by atoms with Gasteiger partial charge in [-0.25, -0.2) is 0 Å². The van der Waals surface area contributed by atoms with Crippen molar-refractivity contribution in [2.75, 3.05) is 26.7 Å². The molecule has 1 amide bonds. The molecule has 1 aliphatic rings. The molecule has 1 heterocycles. The molecule has 1 aliphatic heterocycles. The number of nitrogens with one attached hydrogen (secondary N) is 1. The van der Waals surface area contributed by atoms with Crippen molar-refractivity contribution in [2.45, 2.75) is 25.7 Å². The zero-order chi connectivity index (χ0) is 14.4. The summed E-state index contributed by atoms with van der Waals surface area (Å²) >= 11 is 3.47. The maximum Gasteiger partial charge on any atom is 0.222 e. The summed E-state index contributed by atoms with van der Waals surface area (Å²) in [5.74, 6) is 0.904. The van der Waals surface area contributed by atoms with Crippen LogP contribution in [0.15, 0.2) is 28.7 Å². The zero-order valence-corrected chi connectivity index (χ0v) is 13.7. The lowest BCUT2D eigenvalue weighted by Gasteiger charge is -2.20. The summed E-state index contributed by atoms with van der Waals surface area (Å²) in [6, 6.07) is 8.31. The Morgan fingerprint density at radius 2 is 2.35 bits per heavy atom. The van der Waals surface area contributed by atoms with Gasteiger partial charge in [-0.3, -0.25) is 4.79 Å². The first-order valence-corrected chi connectivity index (χ1v) is 8.13. The summed E-state index contributed by atoms with van der Waals surface area (Å²) < 4.78 is 1.10. The molecular formula is C16H23BrN2O. The van der Waals surface area contributed by atoms with E-state index >= 15 is 0 Å². The van der Waals surface area contributed by atoms with Crippen LogP contribution in [0.4, 0.5) is 0 Å². The third-order valence-corrected chi connectivity index (χ3v) is 4.36. The molecule has 1 saturated heterocycles. The Hall–Kier alpha value is -0.870. The smallest absolute Gasteiger partial charge is 0.222 e. The Labute approximate surface area is 129 Å². The lowest BCUT2D eigenvalue weighted by Crippen LogP contribution is -2.32. The molecule has 1 atom stereocenters. The van der Waals surface area contributed by atoms with Crippen LogP contribution < -0.4 is 5.32 Å². The van der Waals surface area contributed by atoms with Crippen molar-refractivity contribution in [1.82, 2.24) is 10.2 Å². The Kier molecular flexibility index (Phi) is 6.05. The second-order valence-electron chi connectivity index (χ2n) is 5.62. The standard InChI is InChI=1S/C16H23BrN2O/c1-19(12-14-8-9-18-11-14)16(20)7-3-5-13-4-2-6-15(17)10-13/h2,4,6,10,14,18H,3,5,7-9,11-12H2,1H3. The molecule has 4 heteroatoms. The molecule has 0 aliphatic carbocycles. The molecule has 0 radical (unpaired) electrons. The molecule has 0 bridgehead atoms. The van der Waals surface area contributed by atoms with Gasteiger partial charge in [0.15, 0.2) is 0 Å². The van der Waals surface area contributed by atoms with Crippen molar-refractivity contribution >= 4 is 21.8 Å². The first-order chi connectivity index (χ1) is 9.65. The van der Waals surface area contributed by atoms with E-state index in [2.05, 4.69) is 33.4 Å². The summed E-state index contributed by atoms with van der Waals surface area (Å²) in [4.78, 5) is 14.0. The number of nitrogens with zero attached hydrogens (tertiary/aromatic N) is 1. The lowest BCUT2D eigenvalue weighted by molar-refractivity contribution is -0.130. The molecule has 3 nitrogen and oxygen atoms in total. The average molecular weight is 339 g/mol. The topological polar surface area (TPSA) is 32.3 Å². The van der Waals surface area contributed by atoms with E-state index in [0.717, 1.165) is 36.9 Å². The third kappa shape index (κ3) is 4.91. The van der Waals surface area contributed by atoms with Gasteiger partial charge in [0.25, 0.3) is 0 Å². The van der Waals surface area contributed by atoms with Gasteiger partial charge in [0.1, 0.15) is 0 Å². The molecule has 1 aromatic carbocycles. The van der Waals surface area contributed by atoms with E-state index in [9.17, 15) is 4.79 Å². The Morgan fingerprint density at radius 1 is 1.50 bits per heavy atom. The highest BCUT2D eigenvalue weighted by Crippen LogP contribution is 2.14. The summed E-state index contributed by atoms with van der Waals surface area (Å²) in [7, 11) is 1.93. The maximum absolute atomic E-state index is 12.1. The second-order valence-corrected chi connectivity index (χ2v) is 6.53. The highest BCUT2D eigenvalue weighted by atomic mass is 79.9. The number of rotatable bonds is 6. The Morgan fingerprint density at radius 3 is 3.05 bits per heavy atom. The van der Waals surface area contributed by atoms with Crippen molar-refractivity contribution in [1.29, 1.82) is 0 Å². The SMILES string of the molecule is CN(CC1CCNC1)C(=O)CCCc1cccc(Br)c1. The normalized spacial score (nSPS) is 18.2. The number of amides is 1. The predicted octanol–water partition coefficient (Wildman–Crippen LogP) is 2.84. The largest absolute Gasteiger partial charge is 0.345 e. The summed E-state index contributed by atoms with van der Waals surface area (Å²) in [5.41, 5.74) is 1.29. The van der Waals surface area contributed by atoms with Crippen LogP contribution in [0.1, 0.15) is 24.8 Å². The van der Waals surface area contributed by atoms with Gasteiger partial charge in [0, 0.05) is 24.5 Å². The van der Waals surface area contributed by atoms with E-state index in [1.807, 2.05) is 24.1 Å². The lowest BCUT2D eigenvalue weighted by atomic mass is 10.1. The fourth-order valence-electron chi connectivity index (χ4n) is 2.69. The van der Waals surface area contributed by atoms with Gasteiger partial charge in [-0.15, -0.1) is 0 Å². The number of hydrogen-bond acceptors (Lipinski definition) is 2. The maximum atomic E-state index is 12.1. The van der Waals surface area contributed by atoms with E-state index in [1.165, 1.54) is 12.0 Å². The number of aryl methyl sites for hydroxylation is 1.